The van der Waals surface area contributed by atoms with Crippen LogP contribution >= 0.6 is 11.6 Å². The van der Waals surface area contributed by atoms with Crippen LogP contribution in [0.2, 0.25) is 5.02 Å². The minimum atomic E-state index is -1.23. The number of hydrogen-bond acceptors (Lipinski definition) is 4. The van der Waals surface area contributed by atoms with Gasteiger partial charge < -0.3 is 15.4 Å². The molecule has 0 bridgehead atoms. The molecule has 7 nitrogen and oxygen atoms in total. The number of hydrogen-bond donors (Lipinski definition) is 2. The van der Waals surface area contributed by atoms with Crippen molar-refractivity contribution in [3.8, 4) is 0 Å². The van der Waals surface area contributed by atoms with E-state index in [-0.39, 0.29) is 6.54 Å². The van der Waals surface area contributed by atoms with Crippen molar-refractivity contribution >= 4 is 29.4 Å². The fourth-order valence-electron chi connectivity index (χ4n) is 3.19. The molecular weight excluding hydrogens is 406 g/mol. The minimum absolute atomic E-state index is 0.335. The molecule has 2 aromatic carbocycles. The summed E-state index contributed by atoms with van der Waals surface area (Å²) in [5.41, 5.74) is 0.459. The Bertz CT molecular complexity index is 904. The zero-order chi connectivity index (χ0) is 21.6. The zero-order valence-electron chi connectivity index (χ0n) is 16.7. The number of urea groups is 1. The molecule has 1 aliphatic heterocycles. The molecule has 0 aromatic heterocycles. The van der Waals surface area contributed by atoms with Crippen molar-refractivity contribution in [3.63, 3.8) is 0 Å². The van der Waals surface area contributed by atoms with E-state index in [9.17, 15) is 14.4 Å². The van der Waals surface area contributed by atoms with Crippen molar-refractivity contribution in [1.82, 2.24) is 15.5 Å². The molecule has 0 spiro atoms. The standard InChI is InChI=1S/C22H24ClN3O4/c1-22(17-8-10-18(23)11-9-17)20(28)26(21(29)25-22)14-19(27)24-12-5-13-30-15-16-6-3-2-4-7-16/h2-4,6-11H,5,12-15H2,1H3,(H,24,27)(H,25,29). The fourth-order valence-corrected chi connectivity index (χ4v) is 3.31. The van der Waals surface area contributed by atoms with E-state index >= 15 is 0 Å². The molecule has 8 heteroatoms. The highest BCUT2D eigenvalue weighted by Crippen LogP contribution is 2.29. The molecule has 1 saturated heterocycles. The van der Waals surface area contributed by atoms with Gasteiger partial charge in [0.05, 0.1) is 6.61 Å². The summed E-state index contributed by atoms with van der Waals surface area (Å²) < 4.78 is 5.56. The molecule has 1 aliphatic rings. The van der Waals surface area contributed by atoms with E-state index in [1.807, 2.05) is 30.3 Å². The number of carbonyl (C=O) groups excluding carboxylic acids is 3. The maximum absolute atomic E-state index is 12.8. The van der Waals surface area contributed by atoms with Crippen molar-refractivity contribution in [2.45, 2.75) is 25.5 Å². The normalized spacial score (nSPS) is 18.4. The molecule has 1 unspecified atom stereocenters. The van der Waals surface area contributed by atoms with E-state index in [1.165, 1.54) is 0 Å². The van der Waals surface area contributed by atoms with Crippen molar-refractivity contribution in [1.29, 1.82) is 0 Å². The summed E-state index contributed by atoms with van der Waals surface area (Å²) in [5.74, 6) is -0.877. The monoisotopic (exact) mass is 429 g/mol. The van der Waals surface area contributed by atoms with E-state index in [2.05, 4.69) is 10.6 Å². The lowest BCUT2D eigenvalue weighted by Gasteiger charge is -2.22. The molecule has 1 fully saturated rings. The number of imide groups is 1. The second-order valence-corrected chi connectivity index (χ2v) is 7.63. The van der Waals surface area contributed by atoms with Gasteiger partial charge in [0.1, 0.15) is 12.1 Å². The van der Waals surface area contributed by atoms with Crippen LogP contribution in [0.1, 0.15) is 24.5 Å². The highest BCUT2D eigenvalue weighted by Gasteiger charge is 2.49. The summed E-state index contributed by atoms with van der Waals surface area (Å²) in [7, 11) is 0. The first-order chi connectivity index (χ1) is 14.4. The highest BCUT2D eigenvalue weighted by molar-refractivity contribution is 6.30. The predicted molar refractivity (Wildman–Crippen MR) is 113 cm³/mol. The average molecular weight is 430 g/mol. The van der Waals surface area contributed by atoms with E-state index in [1.54, 1.807) is 31.2 Å². The van der Waals surface area contributed by atoms with Crippen LogP contribution in [0.5, 0.6) is 0 Å². The van der Waals surface area contributed by atoms with Gasteiger partial charge in [-0.15, -0.1) is 0 Å². The Hall–Kier alpha value is -2.90. The lowest BCUT2D eigenvalue weighted by molar-refractivity contribution is -0.134. The van der Waals surface area contributed by atoms with Gasteiger partial charge in [-0.25, -0.2) is 4.79 Å². The molecule has 0 aliphatic carbocycles. The molecule has 3 rings (SSSR count). The topological polar surface area (TPSA) is 87.7 Å². The van der Waals surface area contributed by atoms with Crippen LogP contribution in [0.3, 0.4) is 0 Å². The number of ether oxygens (including phenoxy) is 1. The van der Waals surface area contributed by atoms with E-state index in [4.69, 9.17) is 16.3 Å². The number of rotatable bonds is 9. The number of nitrogens with zero attached hydrogens (tertiary/aromatic N) is 1. The van der Waals surface area contributed by atoms with Gasteiger partial charge in [-0.3, -0.25) is 14.5 Å². The largest absolute Gasteiger partial charge is 0.377 e. The maximum Gasteiger partial charge on any atom is 0.325 e. The lowest BCUT2D eigenvalue weighted by atomic mass is 9.92. The predicted octanol–water partition coefficient (Wildman–Crippen LogP) is 2.83. The van der Waals surface area contributed by atoms with Gasteiger partial charge >= 0.3 is 6.03 Å². The number of amides is 4. The third-order valence-electron chi connectivity index (χ3n) is 4.90. The molecule has 1 atom stereocenters. The van der Waals surface area contributed by atoms with Crippen molar-refractivity contribution in [2.75, 3.05) is 19.7 Å². The third-order valence-corrected chi connectivity index (χ3v) is 5.15. The first kappa shape index (κ1) is 21.8. The summed E-state index contributed by atoms with van der Waals surface area (Å²) in [5, 5.41) is 5.91. The Morgan fingerprint density at radius 3 is 2.53 bits per heavy atom. The van der Waals surface area contributed by atoms with Gasteiger partial charge in [-0.2, -0.15) is 0 Å². The molecule has 1 heterocycles. The van der Waals surface area contributed by atoms with Gasteiger partial charge in [-0.1, -0.05) is 54.1 Å². The van der Waals surface area contributed by atoms with Crippen molar-refractivity contribution in [2.24, 2.45) is 0 Å². The Balaban J connectivity index is 1.43. The molecular formula is C22H24ClN3O4. The van der Waals surface area contributed by atoms with Crippen LogP contribution < -0.4 is 10.6 Å². The van der Waals surface area contributed by atoms with Gasteiger partial charge in [-0.05, 0) is 36.6 Å². The summed E-state index contributed by atoms with van der Waals surface area (Å²) in [6.07, 6.45) is 0.626. The summed E-state index contributed by atoms with van der Waals surface area (Å²) in [6.45, 7) is 2.68. The fraction of sp³-hybridized carbons (Fsp3) is 0.318. The quantitative estimate of drug-likeness (QED) is 0.474. The van der Waals surface area contributed by atoms with Crippen molar-refractivity contribution < 1.29 is 19.1 Å². The van der Waals surface area contributed by atoms with Gasteiger partial charge in [0.15, 0.2) is 0 Å². The van der Waals surface area contributed by atoms with Crippen LogP contribution in [-0.4, -0.2) is 42.4 Å². The smallest absolute Gasteiger partial charge is 0.325 e. The van der Waals surface area contributed by atoms with E-state index in [0.717, 1.165) is 10.5 Å². The molecule has 0 saturated carbocycles. The first-order valence-corrected chi connectivity index (χ1v) is 10.1. The molecule has 4 amide bonds. The first-order valence-electron chi connectivity index (χ1n) is 9.68. The number of halogens is 1. The van der Waals surface area contributed by atoms with Gasteiger partial charge in [0, 0.05) is 18.2 Å². The number of carbonyl (C=O) groups is 3. The second kappa shape index (κ2) is 9.73. The highest BCUT2D eigenvalue weighted by atomic mass is 35.5. The third kappa shape index (κ3) is 5.17. The Kier molecular flexibility index (Phi) is 7.07. The van der Waals surface area contributed by atoms with E-state index in [0.29, 0.717) is 36.8 Å². The maximum atomic E-state index is 12.8. The molecule has 2 N–H and O–H groups in total. The molecule has 158 valence electrons. The Morgan fingerprint density at radius 2 is 1.83 bits per heavy atom. The minimum Gasteiger partial charge on any atom is -0.377 e. The molecule has 2 aromatic rings. The average Bonchev–Trinajstić information content (AvgIpc) is 2.95. The van der Waals surface area contributed by atoms with Gasteiger partial charge in [0.2, 0.25) is 5.91 Å². The number of benzene rings is 2. The van der Waals surface area contributed by atoms with Crippen LogP contribution in [0.25, 0.3) is 0 Å². The van der Waals surface area contributed by atoms with Gasteiger partial charge in [0.25, 0.3) is 5.91 Å². The molecule has 0 radical (unpaired) electrons. The SMILES string of the molecule is CC1(c2ccc(Cl)cc2)NC(=O)N(CC(=O)NCCCOCc2ccccc2)C1=O. The van der Waals surface area contributed by atoms with Crippen LogP contribution in [0.4, 0.5) is 4.79 Å². The van der Waals surface area contributed by atoms with Crippen molar-refractivity contribution in [3.05, 3.63) is 70.7 Å². The zero-order valence-corrected chi connectivity index (χ0v) is 17.4. The summed E-state index contributed by atoms with van der Waals surface area (Å²) in [6, 6.07) is 15.9. The number of nitrogens with one attached hydrogen (secondary N) is 2. The van der Waals surface area contributed by atoms with Crippen LogP contribution in [0, 0.1) is 0 Å². The molecule has 30 heavy (non-hydrogen) atoms. The second-order valence-electron chi connectivity index (χ2n) is 7.20. The Morgan fingerprint density at radius 1 is 1.13 bits per heavy atom. The van der Waals surface area contributed by atoms with E-state index < -0.39 is 23.4 Å². The Labute approximate surface area is 180 Å². The summed E-state index contributed by atoms with van der Waals surface area (Å²) >= 11 is 5.89. The lowest BCUT2D eigenvalue weighted by Crippen LogP contribution is -2.43. The summed E-state index contributed by atoms with van der Waals surface area (Å²) in [4.78, 5) is 38.2. The van der Waals surface area contributed by atoms with Crippen LogP contribution in [0.15, 0.2) is 54.6 Å². The van der Waals surface area contributed by atoms with Crippen LogP contribution in [-0.2, 0) is 26.5 Å².